The molecule has 104 valence electrons. The summed E-state index contributed by atoms with van der Waals surface area (Å²) in [6.07, 6.45) is 7.69. The Morgan fingerprint density at radius 3 is 2.61 bits per heavy atom. The quantitative estimate of drug-likeness (QED) is 0.702. The number of hydrogen-bond donors (Lipinski definition) is 1. The minimum atomic E-state index is -0.284. The second-order valence-corrected chi connectivity index (χ2v) is 5.37. The molecule has 1 aliphatic rings. The summed E-state index contributed by atoms with van der Waals surface area (Å²) in [5.41, 5.74) is 0. The molecular weight excluding hydrogens is 228 g/mol. The van der Waals surface area contributed by atoms with Crippen molar-refractivity contribution >= 4 is 12.2 Å². The standard InChI is InChI=1S/C14H26N2O2/c1-3-9-16(2)10-14(18)15-13(11-17)12-7-5-4-6-8-12/h11-13H,3-10H2,1-2H3,(H,15,18). The van der Waals surface area contributed by atoms with Crippen molar-refractivity contribution in [2.45, 2.75) is 51.5 Å². The van der Waals surface area contributed by atoms with Crippen molar-refractivity contribution in [3.05, 3.63) is 0 Å². The lowest BCUT2D eigenvalue weighted by molar-refractivity contribution is -0.125. The number of nitrogens with zero attached hydrogens (tertiary/aromatic N) is 1. The van der Waals surface area contributed by atoms with Crippen LogP contribution in [0.2, 0.25) is 0 Å². The van der Waals surface area contributed by atoms with Gasteiger partial charge < -0.3 is 10.1 Å². The highest BCUT2D eigenvalue weighted by atomic mass is 16.2. The number of nitrogens with one attached hydrogen (secondary N) is 1. The van der Waals surface area contributed by atoms with Gasteiger partial charge in [-0.05, 0) is 38.8 Å². The number of carbonyl (C=O) groups excluding carboxylic acids is 2. The molecule has 1 aliphatic carbocycles. The molecule has 1 atom stereocenters. The van der Waals surface area contributed by atoms with Crippen LogP contribution >= 0.6 is 0 Å². The number of amides is 1. The molecule has 0 heterocycles. The monoisotopic (exact) mass is 254 g/mol. The van der Waals surface area contributed by atoms with Gasteiger partial charge in [0.05, 0.1) is 12.6 Å². The van der Waals surface area contributed by atoms with E-state index >= 15 is 0 Å². The Hall–Kier alpha value is -0.900. The number of hydrogen-bond acceptors (Lipinski definition) is 3. The Morgan fingerprint density at radius 2 is 2.06 bits per heavy atom. The molecule has 1 unspecified atom stereocenters. The molecule has 1 amide bonds. The third-order valence-corrected chi connectivity index (χ3v) is 3.65. The highest BCUT2D eigenvalue weighted by Crippen LogP contribution is 2.25. The molecule has 0 aliphatic heterocycles. The maximum absolute atomic E-state index is 11.8. The Balaban J connectivity index is 2.37. The van der Waals surface area contributed by atoms with E-state index in [0.29, 0.717) is 12.5 Å². The summed E-state index contributed by atoms with van der Waals surface area (Å²) >= 11 is 0. The van der Waals surface area contributed by atoms with Gasteiger partial charge in [0.2, 0.25) is 5.91 Å². The zero-order valence-corrected chi connectivity index (χ0v) is 11.7. The van der Waals surface area contributed by atoms with E-state index in [9.17, 15) is 9.59 Å². The fourth-order valence-electron chi connectivity index (χ4n) is 2.69. The molecule has 0 saturated heterocycles. The van der Waals surface area contributed by atoms with E-state index in [4.69, 9.17) is 0 Å². The zero-order valence-electron chi connectivity index (χ0n) is 11.7. The Kier molecular flexibility index (Phi) is 6.94. The normalized spacial score (nSPS) is 18.6. The number of aldehydes is 1. The van der Waals surface area contributed by atoms with Crippen LogP contribution in [0.5, 0.6) is 0 Å². The van der Waals surface area contributed by atoms with Crippen molar-refractivity contribution in [3.63, 3.8) is 0 Å². The SMILES string of the molecule is CCCN(C)CC(=O)NC(C=O)C1CCCCC1. The molecule has 0 spiro atoms. The Bertz CT molecular complexity index is 263. The summed E-state index contributed by atoms with van der Waals surface area (Å²) in [5.74, 6) is 0.310. The van der Waals surface area contributed by atoms with Crippen LogP contribution in [-0.4, -0.2) is 43.3 Å². The van der Waals surface area contributed by atoms with Crippen LogP contribution < -0.4 is 5.32 Å². The molecule has 0 aromatic rings. The van der Waals surface area contributed by atoms with Gasteiger partial charge in [-0.1, -0.05) is 26.2 Å². The molecule has 0 aromatic heterocycles. The van der Waals surface area contributed by atoms with Gasteiger partial charge in [-0.2, -0.15) is 0 Å². The fourth-order valence-corrected chi connectivity index (χ4v) is 2.69. The largest absolute Gasteiger partial charge is 0.345 e. The van der Waals surface area contributed by atoms with E-state index in [0.717, 1.165) is 32.1 Å². The molecule has 18 heavy (non-hydrogen) atoms. The second kappa shape index (κ2) is 8.25. The first-order valence-electron chi connectivity index (χ1n) is 7.10. The van der Waals surface area contributed by atoms with E-state index in [-0.39, 0.29) is 11.9 Å². The molecular formula is C14H26N2O2. The lowest BCUT2D eigenvalue weighted by Crippen LogP contribution is -2.46. The smallest absolute Gasteiger partial charge is 0.234 e. The topological polar surface area (TPSA) is 49.4 Å². The van der Waals surface area contributed by atoms with E-state index in [2.05, 4.69) is 12.2 Å². The Labute approximate surface area is 110 Å². The third-order valence-electron chi connectivity index (χ3n) is 3.65. The maximum atomic E-state index is 11.8. The lowest BCUT2D eigenvalue weighted by Gasteiger charge is -2.27. The average molecular weight is 254 g/mol. The Morgan fingerprint density at radius 1 is 1.39 bits per heavy atom. The molecule has 0 bridgehead atoms. The fraction of sp³-hybridized carbons (Fsp3) is 0.857. The molecule has 0 aromatic carbocycles. The number of rotatable bonds is 7. The van der Waals surface area contributed by atoms with Gasteiger partial charge in [0.25, 0.3) is 0 Å². The van der Waals surface area contributed by atoms with Gasteiger partial charge in [0.1, 0.15) is 6.29 Å². The van der Waals surface area contributed by atoms with Crippen molar-refractivity contribution in [1.82, 2.24) is 10.2 Å². The van der Waals surface area contributed by atoms with Crippen LogP contribution in [0.3, 0.4) is 0 Å². The van der Waals surface area contributed by atoms with Gasteiger partial charge in [-0.15, -0.1) is 0 Å². The third kappa shape index (κ3) is 5.17. The van der Waals surface area contributed by atoms with Crippen LogP contribution in [0.25, 0.3) is 0 Å². The first-order valence-corrected chi connectivity index (χ1v) is 7.10. The second-order valence-electron chi connectivity index (χ2n) is 5.37. The molecule has 4 heteroatoms. The van der Waals surface area contributed by atoms with Gasteiger partial charge in [0.15, 0.2) is 0 Å². The number of likely N-dealkylation sites (N-methyl/N-ethyl adjacent to an activating group) is 1. The summed E-state index contributed by atoms with van der Waals surface area (Å²) in [6.45, 7) is 3.37. The van der Waals surface area contributed by atoms with Crippen LogP contribution in [0.4, 0.5) is 0 Å². The van der Waals surface area contributed by atoms with Gasteiger partial charge in [0, 0.05) is 0 Å². The molecule has 0 radical (unpaired) electrons. The summed E-state index contributed by atoms with van der Waals surface area (Å²) in [4.78, 5) is 24.9. The minimum absolute atomic E-state index is 0.0337. The lowest BCUT2D eigenvalue weighted by atomic mass is 9.84. The number of carbonyl (C=O) groups is 2. The van der Waals surface area contributed by atoms with Crippen molar-refractivity contribution in [2.75, 3.05) is 20.1 Å². The maximum Gasteiger partial charge on any atom is 0.234 e. The van der Waals surface area contributed by atoms with E-state index in [1.807, 2.05) is 11.9 Å². The first kappa shape index (κ1) is 15.2. The van der Waals surface area contributed by atoms with Gasteiger partial charge in [-0.3, -0.25) is 9.69 Å². The van der Waals surface area contributed by atoms with Crippen molar-refractivity contribution in [3.8, 4) is 0 Å². The van der Waals surface area contributed by atoms with Gasteiger partial charge >= 0.3 is 0 Å². The predicted molar refractivity (Wildman–Crippen MR) is 72.4 cm³/mol. The van der Waals surface area contributed by atoms with Crippen molar-refractivity contribution < 1.29 is 9.59 Å². The molecule has 1 rings (SSSR count). The summed E-state index contributed by atoms with van der Waals surface area (Å²) in [6, 6.07) is -0.284. The average Bonchev–Trinajstić information content (AvgIpc) is 2.37. The van der Waals surface area contributed by atoms with Crippen LogP contribution in [-0.2, 0) is 9.59 Å². The van der Waals surface area contributed by atoms with E-state index in [1.54, 1.807) is 0 Å². The van der Waals surface area contributed by atoms with Crippen LogP contribution in [0.1, 0.15) is 45.4 Å². The van der Waals surface area contributed by atoms with Crippen LogP contribution in [0.15, 0.2) is 0 Å². The van der Waals surface area contributed by atoms with Crippen LogP contribution in [0, 0.1) is 5.92 Å². The summed E-state index contributed by atoms with van der Waals surface area (Å²) in [5, 5.41) is 2.88. The molecule has 1 fully saturated rings. The molecule has 4 nitrogen and oxygen atoms in total. The van der Waals surface area contributed by atoms with Crippen molar-refractivity contribution in [1.29, 1.82) is 0 Å². The highest BCUT2D eigenvalue weighted by molar-refractivity contribution is 5.81. The zero-order chi connectivity index (χ0) is 13.4. The van der Waals surface area contributed by atoms with Crippen molar-refractivity contribution in [2.24, 2.45) is 5.92 Å². The minimum Gasteiger partial charge on any atom is -0.345 e. The highest BCUT2D eigenvalue weighted by Gasteiger charge is 2.24. The molecule has 1 saturated carbocycles. The van der Waals surface area contributed by atoms with E-state index in [1.165, 1.54) is 19.3 Å². The van der Waals surface area contributed by atoms with E-state index < -0.39 is 0 Å². The van der Waals surface area contributed by atoms with Gasteiger partial charge in [-0.25, -0.2) is 0 Å². The molecule has 1 N–H and O–H groups in total. The predicted octanol–water partition coefficient (Wildman–Crippen LogP) is 1.59. The first-order chi connectivity index (χ1) is 8.67. The summed E-state index contributed by atoms with van der Waals surface area (Å²) in [7, 11) is 1.93. The summed E-state index contributed by atoms with van der Waals surface area (Å²) < 4.78 is 0.